The van der Waals surface area contributed by atoms with E-state index in [1.165, 1.54) is 0 Å². The number of hydrogen-bond donors (Lipinski definition) is 1. The second-order valence-electron chi connectivity index (χ2n) is 4.94. The van der Waals surface area contributed by atoms with Crippen LogP contribution in [0.4, 0.5) is 13.2 Å². The fourth-order valence-electron chi connectivity index (χ4n) is 2.59. The van der Waals surface area contributed by atoms with Gasteiger partial charge in [0.15, 0.2) is 0 Å². The van der Waals surface area contributed by atoms with E-state index < -0.39 is 12.7 Å². The maximum absolute atomic E-state index is 12.2. The van der Waals surface area contributed by atoms with Crippen LogP contribution >= 0.6 is 0 Å². The van der Waals surface area contributed by atoms with Crippen molar-refractivity contribution in [2.75, 3.05) is 26.2 Å². The summed E-state index contributed by atoms with van der Waals surface area (Å²) in [5.41, 5.74) is 0. The molecule has 102 valence electrons. The molecule has 0 aromatic carbocycles. The van der Waals surface area contributed by atoms with Crippen LogP contribution in [0.15, 0.2) is 0 Å². The molecule has 2 nitrogen and oxygen atoms in total. The molecule has 1 N–H and O–H groups in total. The van der Waals surface area contributed by atoms with Crippen LogP contribution in [0.1, 0.15) is 33.1 Å². The predicted octanol–water partition coefficient (Wildman–Crippen LogP) is 2.65. The van der Waals surface area contributed by atoms with Gasteiger partial charge >= 0.3 is 6.18 Å². The largest absolute Gasteiger partial charge is 0.401 e. The van der Waals surface area contributed by atoms with E-state index in [-0.39, 0.29) is 6.04 Å². The molecule has 2 unspecified atom stereocenters. The Labute approximate surface area is 102 Å². The minimum Gasteiger partial charge on any atom is -0.305 e. The van der Waals surface area contributed by atoms with Gasteiger partial charge in [-0.3, -0.25) is 0 Å². The summed E-state index contributed by atoms with van der Waals surface area (Å²) in [6, 6.07) is -0.0122. The van der Waals surface area contributed by atoms with Crippen molar-refractivity contribution >= 4 is 0 Å². The van der Waals surface area contributed by atoms with Crippen LogP contribution in [-0.2, 0) is 0 Å². The van der Waals surface area contributed by atoms with Gasteiger partial charge in [0, 0.05) is 19.1 Å². The van der Waals surface area contributed by atoms with Crippen molar-refractivity contribution in [3.63, 3.8) is 0 Å². The molecule has 0 aliphatic carbocycles. The van der Waals surface area contributed by atoms with E-state index in [0.717, 1.165) is 38.9 Å². The molecule has 1 saturated heterocycles. The Morgan fingerprint density at radius 2 is 1.94 bits per heavy atom. The Morgan fingerprint density at radius 1 is 1.24 bits per heavy atom. The Kier molecular flexibility index (Phi) is 5.73. The normalized spacial score (nSPS) is 27.4. The topological polar surface area (TPSA) is 15.3 Å². The lowest BCUT2D eigenvalue weighted by Gasteiger charge is -2.37. The van der Waals surface area contributed by atoms with Crippen molar-refractivity contribution in [2.24, 2.45) is 5.92 Å². The van der Waals surface area contributed by atoms with E-state index in [1.54, 1.807) is 0 Å². The summed E-state index contributed by atoms with van der Waals surface area (Å²) in [6.07, 6.45) is -1.01. The van der Waals surface area contributed by atoms with Crippen LogP contribution in [0.3, 0.4) is 0 Å². The summed E-state index contributed by atoms with van der Waals surface area (Å²) in [4.78, 5) is 2.25. The molecule has 0 spiro atoms. The van der Waals surface area contributed by atoms with Crippen molar-refractivity contribution in [2.45, 2.75) is 45.3 Å². The number of likely N-dealkylation sites (N-methyl/N-ethyl adjacent to an activating group) is 1. The van der Waals surface area contributed by atoms with Crippen LogP contribution in [0.5, 0.6) is 0 Å². The summed E-state index contributed by atoms with van der Waals surface area (Å²) in [5, 5.41) is 2.65. The number of piperidine rings is 1. The molecular weight excluding hydrogens is 229 g/mol. The van der Waals surface area contributed by atoms with E-state index in [1.807, 2.05) is 0 Å². The van der Waals surface area contributed by atoms with Crippen molar-refractivity contribution in [3.05, 3.63) is 0 Å². The first kappa shape index (κ1) is 14.8. The van der Waals surface area contributed by atoms with Gasteiger partial charge in [-0.25, -0.2) is 0 Å². The van der Waals surface area contributed by atoms with Gasteiger partial charge in [0.05, 0.1) is 6.54 Å². The molecule has 1 rings (SSSR count). The fraction of sp³-hybridized carbons (Fsp3) is 1.00. The van der Waals surface area contributed by atoms with Gasteiger partial charge in [0.1, 0.15) is 0 Å². The van der Waals surface area contributed by atoms with Crippen LogP contribution < -0.4 is 5.32 Å². The molecule has 0 bridgehead atoms. The maximum atomic E-state index is 12.2. The lowest BCUT2D eigenvalue weighted by molar-refractivity contribution is -0.127. The fourth-order valence-corrected chi connectivity index (χ4v) is 2.59. The molecule has 1 heterocycles. The van der Waals surface area contributed by atoms with E-state index in [2.05, 4.69) is 24.1 Å². The highest BCUT2D eigenvalue weighted by Gasteiger charge is 2.31. The predicted molar refractivity (Wildman–Crippen MR) is 63.0 cm³/mol. The number of nitrogens with zero attached hydrogens (tertiary/aromatic N) is 1. The van der Waals surface area contributed by atoms with Gasteiger partial charge < -0.3 is 10.2 Å². The van der Waals surface area contributed by atoms with Gasteiger partial charge in [-0.15, -0.1) is 0 Å². The molecule has 0 radical (unpaired) electrons. The SMILES string of the molecule is CCCC1CC(NCC(F)(F)F)CN(CC)C1. The molecule has 17 heavy (non-hydrogen) atoms. The molecule has 1 fully saturated rings. The quantitative estimate of drug-likeness (QED) is 0.809. The van der Waals surface area contributed by atoms with Crippen LogP contribution in [0, 0.1) is 5.92 Å². The monoisotopic (exact) mass is 252 g/mol. The summed E-state index contributed by atoms with van der Waals surface area (Å²) >= 11 is 0. The second kappa shape index (κ2) is 6.59. The number of rotatable bonds is 5. The number of nitrogens with one attached hydrogen (secondary N) is 1. The summed E-state index contributed by atoms with van der Waals surface area (Å²) in [7, 11) is 0. The molecular formula is C12H23F3N2. The molecule has 0 aromatic heterocycles. The molecule has 0 aromatic rings. The van der Waals surface area contributed by atoms with E-state index in [9.17, 15) is 13.2 Å². The van der Waals surface area contributed by atoms with Gasteiger partial charge in [0.2, 0.25) is 0 Å². The first-order valence-corrected chi connectivity index (χ1v) is 6.47. The Morgan fingerprint density at radius 3 is 2.47 bits per heavy atom. The lowest BCUT2D eigenvalue weighted by atomic mass is 9.90. The molecule has 2 atom stereocenters. The summed E-state index contributed by atoms with van der Waals surface area (Å²) < 4.78 is 36.5. The van der Waals surface area contributed by atoms with Crippen molar-refractivity contribution in [1.29, 1.82) is 0 Å². The molecule has 0 amide bonds. The van der Waals surface area contributed by atoms with E-state index >= 15 is 0 Å². The Bertz CT molecular complexity index is 218. The van der Waals surface area contributed by atoms with Crippen molar-refractivity contribution < 1.29 is 13.2 Å². The number of alkyl halides is 3. The minimum absolute atomic E-state index is 0.0122. The second-order valence-corrected chi connectivity index (χ2v) is 4.94. The van der Waals surface area contributed by atoms with Crippen LogP contribution in [-0.4, -0.2) is 43.3 Å². The first-order valence-electron chi connectivity index (χ1n) is 6.47. The third-order valence-corrected chi connectivity index (χ3v) is 3.35. The van der Waals surface area contributed by atoms with Crippen LogP contribution in [0.25, 0.3) is 0 Å². The minimum atomic E-state index is -4.10. The van der Waals surface area contributed by atoms with Crippen LogP contribution in [0.2, 0.25) is 0 Å². The molecule has 5 heteroatoms. The molecule has 1 aliphatic heterocycles. The first-order chi connectivity index (χ1) is 7.94. The standard InChI is InChI=1S/C12H23F3N2/c1-3-5-10-6-11(8-17(4-2)7-10)16-9-12(13,14)15/h10-11,16H,3-9H2,1-2H3. The smallest absolute Gasteiger partial charge is 0.305 e. The zero-order valence-corrected chi connectivity index (χ0v) is 10.7. The average Bonchev–Trinajstić information content (AvgIpc) is 2.25. The highest BCUT2D eigenvalue weighted by atomic mass is 19.4. The van der Waals surface area contributed by atoms with Crippen molar-refractivity contribution in [3.8, 4) is 0 Å². The molecule has 1 aliphatic rings. The zero-order chi connectivity index (χ0) is 12.9. The van der Waals surface area contributed by atoms with Gasteiger partial charge in [-0.2, -0.15) is 13.2 Å². The van der Waals surface area contributed by atoms with Gasteiger partial charge in [-0.05, 0) is 25.3 Å². The Hall–Kier alpha value is -0.290. The zero-order valence-electron chi connectivity index (χ0n) is 10.7. The maximum Gasteiger partial charge on any atom is 0.401 e. The van der Waals surface area contributed by atoms with Gasteiger partial charge in [0.25, 0.3) is 0 Å². The lowest BCUT2D eigenvalue weighted by Crippen LogP contribution is -2.50. The van der Waals surface area contributed by atoms with Crippen molar-refractivity contribution in [1.82, 2.24) is 10.2 Å². The highest BCUT2D eigenvalue weighted by Crippen LogP contribution is 2.22. The van der Waals surface area contributed by atoms with Gasteiger partial charge in [-0.1, -0.05) is 20.3 Å². The van der Waals surface area contributed by atoms with E-state index in [4.69, 9.17) is 0 Å². The molecule has 0 saturated carbocycles. The summed E-state index contributed by atoms with van der Waals surface area (Å²) in [5.74, 6) is 0.541. The number of likely N-dealkylation sites (tertiary alicyclic amines) is 1. The third kappa shape index (κ3) is 5.73. The number of hydrogen-bond acceptors (Lipinski definition) is 2. The highest BCUT2D eigenvalue weighted by molar-refractivity contribution is 4.83. The number of halogens is 3. The van der Waals surface area contributed by atoms with E-state index in [0.29, 0.717) is 5.92 Å². The third-order valence-electron chi connectivity index (χ3n) is 3.35. The summed E-state index contributed by atoms with van der Waals surface area (Å²) in [6.45, 7) is 6.03. The average molecular weight is 252 g/mol. The Balaban J connectivity index is 2.42.